The van der Waals surface area contributed by atoms with Crippen LogP contribution in [0.2, 0.25) is 0 Å². The van der Waals surface area contributed by atoms with Gasteiger partial charge in [-0.3, -0.25) is 14.5 Å². The maximum absolute atomic E-state index is 13.7. The largest absolute Gasteiger partial charge is 0.489 e. The van der Waals surface area contributed by atoms with E-state index in [1.807, 2.05) is 0 Å². The summed E-state index contributed by atoms with van der Waals surface area (Å²) in [5.74, 6) is -0.108. The van der Waals surface area contributed by atoms with E-state index in [2.05, 4.69) is 0 Å². The van der Waals surface area contributed by atoms with Crippen molar-refractivity contribution in [3.8, 4) is 5.75 Å². The number of hydrogen-bond donors (Lipinski definition) is 0. The van der Waals surface area contributed by atoms with Crippen molar-refractivity contribution < 1.29 is 23.5 Å². The minimum atomic E-state index is -0.334. The van der Waals surface area contributed by atoms with Crippen molar-refractivity contribution in [2.75, 3.05) is 20.3 Å². The van der Waals surface area contributed by atoms with Crippen molar-refractivity contribution >= 4 is 29.0 Å². The Balaban J connectivity index is 1.70. The maximum atomic E-state index is 13.7. The summed E-state index contributed by atoms with van der Waals surface area (Å²) >= 11 is 0.898. The highest BCUT2D eigenvalue weighted by Crippen LogP contribution is 2.32. The lowest BCUT2D eigenvalue weighted by Crippen LogP contribution is -2.31. The number of ether oxygens (including phenoxy) is 2. The SMILES string of the molecule is COCCN1C(=O)S/C(=C/c2cccc(OCc3ccccc3F)c2)C1=O. The molecule has 0 N–H and O–H groups in total. The summed E-state index contributed by atoms with van der Waals surface area (Å²) in [6.45, 7) is 0.624. The van der Waals surface area contributed by atoms with Crippen LogP contribution >= 0.6 is 11.8 Å². The highest BCUT2D eigenvalue weighted by molar-refractivity contribution is 8.18. The van der Waals surface area contributed by atoms with Crippen LogP contribution in [0.25, 0.3) is 6.08 Å². The molecule has 0 radical (unpaired) electrons. The first-order chi connectivity index (χ1) is 13.1. The molecule has 0 bridgehead atoms. The van der Waals surface area contributed by atoms with Gasteiger partial charge in [0, 0.05) is 12.7 Å². The number of carbonyl (C=O) groups excluding carboxylic acids is 2. The fraction of sp³-hybridized carbons (Fsp3) is 0.200. The topological polar surface area (TPSA) is 55.8 Å². The second-order valence-corrected chi connectivity index (χ2v) is 6.77. The molecule has 1 heterocycles. The van der Waals surface area contributed by atoms with E-state index < -0.39 is 0 Å². The molecule has 1 aliphatic heterocycles. The van der Waals surface area contributed by atoms with E-state index >= 15 is 0 Å². The zero-order valence-corrected chi connectivity index (χ0v) is 15.5. The quantitative estimate of drug-likeness (QED) is 0.670. The molecule has 5 nitrogen and oxygen atoms in total. The van der Waals surface area contributed by atoms with Crippen LogP contribution in [0.1, 0.15) is 11.1 Å². The number of imide groups is 1. The molecule has 0 aromatic heterocycles. The number of nitrogens with zero attached hydrogens (tertiary/aromatic N) is 1. The summed E-state index contributed by atoms with van der Waals surface area (Å²) in [5.41, 5.74) is 1.18. The van der Waals surface area contributed by atoms with Crippen molar-refractivity contribution in [1.82, 2.24) is 4.90 Å². The Morgan fingerprint density at radius 2 is 1.96 bits per heavy atom. The average molecular weight is 387 g/mol. The van der Waals surface area contributed by atoms with Crippen LogP contribution in [0, 0.1) is 5.82 Å². The van der Waals surface area contributed by atoms with E-state index in [1.165, 1.54) is 18.1 Å². The van der Waals surface area contributed by atoms with Crippen LogP contribution in [-0.2, 0) is 16.1 Å². The fourth-order valence-corrected chi connectivity index (χ4v) is 3.36. The van der Waals surface area contributed by atoms with Crippen LogP contribution in [0.15, 0.2) is 53.4 Å². The molecule has 0 spiro atoms. The van der Waals surface area contributed by atoms with Crippen molar-refractivity contribution in [3.63, 3.8) is 0 Å². The Labute approximate surface area is 160 Å². The molecule has 1 fully saturated rings. The maximum Gasteiger partial charge on any atom is 0.293 e. The molecule has 0 aliphatic carbocycles. The van der Waals surface area contributed by atoms with Gasteiger partial charge >= 0.3 is 0 Å². The van der Waals surface area contributed by atoms with Gasteiger partial charge in [0.05, 0.1) is 18.1 Å². The molecule has 2 aromatic rings. The number of amides is 2. The Kier molecular flexibility index (Phi) is 6.26. The molecule has 0 atom stereocenters. The third-order valence-electron chi connectivity index (χ3n) is 3.90. The first-order valence-corrected chi connectivity index (χ1v) is 9.10. The molecular formula is C20H18FNO4S. The van der Waals surface area contributed by atoms with Gasteiger partial charge in [0.15, 0.2) is 0 Å². The summed E-state index contributed by atoms with van der Waals surface area (Å²) in [4.78, 5) is 25.8. The van der Waals surface area contributed by atoms with Gasteiger partial charge in [-0.1, -0.05) is 30.3 Å². The molecule has 2 aromatic carbocycles. The van der Waals surface area contributed by atoms with E-state index in [4.69, 9.17) is 9.47 Å². The summed E-state index contributed by atoms with van der Waals surface area (Å²) in [6, 6.07) is 13.5. The van der Waals surface area contributed by atoms with Gasteiger partial charge < -0.3 is 9.47 Å². The molecule has 140 valence electrons. The Bertz CT molecular complexity index is 884. The molecule has 0 saturated carbocycles. The molecule has 1 saturated heterocycles. The van der Waals surface area contributed by atoms with E-state index in [1.54, 1.807) is 48.5 Å². The standard InChI is InChI=1S/C20H18FNO4S/c1-25-10-9-22-19(23)18(27-20(22)24)12-14-5-4-7-16(11-14)26-13-15-6-2-3-8-17(15)21/h2-8,11-12H,9-10,13H2,1H3/b18-12+. The minimum Gasteiger partial charge on any atom is -0.489 e. The zero-order valence-electron chi connectivity index (χ0n) is 14.7. The fourth-order valence-electron chi connectivity index (χ4n) is 2.50. The van der Waals surface area contributed by atoms with Gasteiger partial charge in [0.2, 0.25) is 0 Å². The molecular weight excluding hydrogens is 369 g/mol. The van der Waals surface area contributed by atoms with Crippen molar-refractivity contribution in [1.29, 1.82) is 0 Å². The van der Waals surface area contributed by atoms with Gasteiger partial charge in [0.1, 0.15) is 18.2 Å². The van der Waals surface area contributed by atoms with Crippen LogP contribution in [0.3, 0.4) is 0 Å². The van der Waals surface area contributed by atoms with Crippen molar-refractivity contribution in [2.24, 2.45) is 0 Å². The van der Waals surface area contributed by atoms with Crippen molar-refractivity contribution in [3.05, 3.63) is 70.4 Å². The van der Waals surface area contributed by atoms with E-state index in [9.17, 15) is 14.0 Å². The minimum absolute atomic E-state index is 0.101. The predicted molar refractivity (Wildman–Crippen MR) is 102 cm³/mol. The van der Waals surface area contributed by atoms with Crippen LogP contribution in [0.5, 0.6) is 5.75 Å². The van der Waals surface area contributed by atoms with E-state index in [-0.39, 0.29) is 30.1 Å². The van der Waals surface area contributed by atoms with E-state index in [0.29, 0.717) is 22.8 Å². The lowest BCUT2D eigenvalue weighted by Gasteiger charge is -2.10. The van der Waals surface area contributed by atoms with Crippen LogP contribution in [-0.4, -0.2) is 36.3 Å². The molecule has 27 heavy (non-hydrogen) atoms. The van der Waals surface area contributed by atoms with Gasteiger partial charge in [-0.15, -0.1) is 0 Å². The summed E-state index contributed by atoms with van der Waals surface area (Å²) in [5, 5.41) is -0.310. The lowest BCUT2D eigenvalue weighted by atomic mass is 10.2. The lowest BCUT2D eigenvalue weighted by molar-refractivity contribution is -0.123. The summed E-state index contributed by atoms with van der Waals surface area (Å²) in [7, 11) is 1.52. The Morgan fingerprint density at radius 1 is 1.15 bits per heavy atom. The van der Waals surface area contributed by atoms with E-state index in [0.717, 1.165) is 17.3 Å². The first kappa shape index (κ1) is 19.1. The number of thioether (sulfide) groups is 1. The Hall–Kier alpha value is -2.64. The number of hydrogen-bond acceptors (Lipinski definition) is 5. The molecule has 3 rings (SSSR count). The number of methoxy groups -OCH3 is 1. The molecule has 1 aliphatic rings. The summed E-state index contributed by atoms with van der Waals surface area (Å²) < 4.78 is 24.2. The number of carbonyl (C=O) groups is 2. The number of halogens is 1. The highest BCUT2D eigenvalue weighted by Gasteiger charge is 2.34. The average Bonchev–Trinajstić information content (AvgIpc) is 2.93. The smallest absolute Gasteiger partial charge is 0.293 e. The number of benzene rings is 2. The monoisotopic (exact) mass is 387 g/mol. The predicted octanol–water partition coefficient (Wildman–Crippen LogP) is 4.09. The third kappa shape index (κ3) is 4.75. The normalized spacial score (nSPS) is 15.6. The molecule has 7 heteroatoms. The van der Waals surface area contributed by atoms with Crippen LogP contribution < -0.4 is 4.74 Å². The second-order valence-electron chi connectivity index (χ2n) is 5.78. The van der Waals surface area contributed by atoms with Crippen LogP contribution in [0.4, 0.5) is 9.18 Å². The van der Waals surface area contributed by atoms with Crippen molar-refractivity contribution in [2.45, 2.75) is 6.61 Å². The Morgan fingerprint density at radius 3 is 2.74 bits per heavy atom. The van der Waals surface area contributed by atoms with Gasteiger partial charge in [-0.2, -0.15) is 0 Å². The molecule has 2 amide bonds. The van der Waals surface area contributed by atoms with Gasteiger partial charge in [-0.05, 0) is 41.6 Å². The highest BCUT2D eigenvalue weighted by atomic mass is 32.2. The number of rotatable bonds is 7. The third-order valence-corrected chi connectivity index (χ3v) is 4.81. The van der Waals surface area contributed by atoms with Gasteiger partial charge in [-0.25, -0.2) is 4.39 Å². The summed E-state index contributed by atoms with van der Waals surface area (Å²) in [6.07, 6.45) is 1.65. The first-order valence-electron chi connectivity index (χ1n) is 8.29. The second kappa shape index (κ2) is 8.83. The molecule has 0 unspecified atom stereocenters. The zero-order chi connectivity index (χ0) is 19.2. The van der Waals surface area contributed by atoms with Gasteiger partial charge in [0.25, 0.3) is 11.1 Å².